The van der Waals surface area contributed by atoms with Crippen LogP contribution in [0.2, 0.25) is 0 Å². The van der Waals surface area contributed by atoms with Gasteiger partial charge in [0.2, 0.25) is 10.0 Å². The smallest absolute Gasteiger partial charge is 0.241 e. The van der Waals surface area contributed by atoms with Gasteiger partial charge in [-0.1, -0.05) is 13.8 Å². The maximum Gasteiger partial charge on any atom is 0.241 e. The lowest BCUT2D eigenvalue weighted by atomic mass is 9.92. The van der Waals surface area contributed by atoms with Crippen molar-refractivity contribution in [1.82, 2.24) is 4.72 Å². The highest BCUT2D eigenvalue weighted by molar-refractivity contribution is 7.90. The fourth-order valence-corrected chi connectivity index (χ4v) is 4.38. The van der Waals surface area contributed by atoms with Gasteiger partial charge >= 0.3 is 0 Å². The van der Waals surface area contributed by atoms with Gasteiger partial charge in [-0.15, -0.1) is 12.4 Å². The van der Waals surface area contributed by atoms with Crippen molar-refractivity contribution in [2.24, 2.45) is 11.7 Å². The summed E-state index contributed by atoms with van der Waals surface area (Å²) in [6.07, 6.45) is 1.67. The highest BCUT2D eigenvalue weighted by Gasteiger charge is 2.30. The summed E-state index contributed by atoms with van der Waals surface area (Å²) in [5.41, 5.74) is 4.97. The SMILES string of the molecule is CC(C)CC(C)(CN)NS(=O)(=O)c1ccc(S(C)(=O)=O)cc1.Cl. The summed E-state index contributed by atoms with van der Waals surface area (Å²) in [5, 5.41) is 0. The molecule has 1 rings (SSSR count). The molecule has 0 fully saturated rings. The summed E-state index contributed by atoms with van der Waals surface area (Å²) in [4.78, 5) is 0.0959. The lowest BCUT2D eigenvalue weighted by molar-refractivity contribution is 0.344. The third-order valence-corrected chi connectivity index (χ3v) is 6.04. The van der Waals surface area contributed by atoms with Gasteiger partial charge in [0.15, 0.2) is 9.84 Å². The van der Waals surface area contributed by atoms with Crippen molar-refractivity contribution in [2.45, 2.75) is 42.5 Å². The molecule has 9 heteroatoms. The Kier molecular flexibility index (Phi) is 7.70. The molecule has 1 aromatic rings. The molecule has 0 heterocycles. The number of halogens is 1. The zero-order valence-electron chi connectivity index (χ0n) is 13.7. The molecule has 0 amide bonds. The molecule has 1 unspecified atom stereocenters. The number of sulfonamides is 1. The molecule has 0 saturated heterocycles. The Labute approximate surface area is 145 Å². The number of hydrogen-bond donors (Lipinski definition) is 2. The van der Waals surface area contributed by atoms with Crippen LogP contribution in [-0.4, -0.2) is 35.2 Å². The van der Waals surface area contributed by atoms with E-state index in [0.29, 0.717) is 6.42 Å². The molecular weight excluding hydrogens is 360 g/mol. The van der Waals surface area contributed by atoms with E-state index in [4.69, 9.17) is 5.73 Å². The van der Waals surface area contributed by atoms with E-state index in [0.717, 1.165) is 6.26 Å². The van der Waals surface area contributed by atoms with Crippen molar-refractivity contribution in [2.75, 3.05) is 12.8 Å². The average molecular weight is 385 g/mol. The van der Waals surface area contributed by atoms with E-state index < -0.39 is 25.4 Å². The summed E-state index contributed by atoms with van der Waals surface area (Å²) in [7, 11) is -7.12. The van der Waals surface area contributed by atoms with Crippen molar-refractivity contribution in [3.63, 3.8) is 0 Å². The standard InChI is InChI=1S/C14H24N2O4S2.ClH/c1-11(2)9-14(3,10-15)16-22(19,20)13-7-5-12(6-8-13)21(4,17)18;/h5-8,11,16H,9-10,15H2,1-4H3;1H. The first-order valence-electron chi connectivity index (χ1n) is 6.94. The van der Waals surface area contributed by atoms with Gasteiger partial charge in [-0.05, 0) is 43.5 Å². The summed E-state index contributed by atoms with van der Waals surface area (Å²) in [5.74, 6) is 0.281. The molecule has 1 aromatic carbocycles. The maximum atomic E-state index is 12.4. The average Bonchev–Trinajstić information content (AvgIpc) is 2.36. The maximum absolute atomic E-state index is 12.4. The molecule has 6 nitrogen and oxygen atoms in total. The summed E-state index contributed by atoms with van der Waals surface area (Å²) < 4.78 is 50.3. The summed E-state index contributed by atoms with van der Waals surface area (Å²) in [6.45, 7) is 5.91. The van der Waals surface area contributed by atoms with E-state index in [1.54, 1.807) is 6.92 Å². The number of hydrogen-bond acceptors (Lipinski definition) is 5. The molecule has 134 valence electrons. The zero-order chi connectivity index (χ0) is 17.2. The van der Waals surface area contributed by atoms with Crippen molar-refractivity contribution in [3.8, 4) is 0 Å². The molecule has 1 atom stereocenters. The lowest BCUT2D eigenvalue weighted by Gasteiger charge is -2.30. The lowest BCUT2D eigenvalue weighted by Crippen LogP contribution is -2.51. The van der Waals surface area contributed by atoms with Gasteiger partial charge in [-0.2, -0.15) is 0 Å². The topological polar surface area (TPSA) is 106 Å². The molecule has 0 aliphatic carbocycles. The first-order chi connectivity index (χ1) is 9.89. The Morgan fingerprint density at radius 3 is 1.87 bits per heavy atom. The number of benzene rings is 1. The Morgan fingerprint density at radius 2 is 1.52 bits per heavy atom. The van der Waals surface area contributed by atoms with Crippen LogP contribution in [0.5, 0.6) is 0 Å². The number of rotatable bonds is 7. The van der Waals surface area contributed by atoms with Crippen LogP contribution in [0.1, 0.15) is 27.2 Å². The Balaban J connectivity index is 0.00000484. The molecule has 23 heavy (non-hydrogen) atoms. The third-order valence-electron chi connectivity index (χ3n) is 3.25. The van der Waals surface area contributed by atoms with Gasteiger partial charge < -0.3 is 5.73 Å². The number of nitrogens with one attached hydrogen (secondary N) is 1. The highest BCUT2D eigenvalue weighted by Crippen LogP contribution is 2.20. The fraction of sp³-hybridized carbons (Fsp3) is 0.571. The minimum atomic E-state index is -3.76. The van der Waals surface area contributed by atoms with E-state index >= 15 is 0 Å². The Morgan fingerprint density at radius 1 is 1.09 bits per heavy atom. The molecular formula is C14H25ClN2O4S2. The predicted octanol–water partition coefficient (Wildman–Crippen LogP) is 1.55. The van der Waals surface area contributed by atoms with Crippen molar-refractivity contribution >= 4 is 32.3 Å². The monoisotopic (exact) mass is 384 g/mol. The molecule has 0 aliphatic heterocycles. The second kappa shape index (κ2) is 7.94. The largest absolute Gasteiger partial charge is 0.329 e. The second-order valence-corrected chi connectivity index (χ2v) is 9.91. The number of nitrogens with two attached hydrogens (primary N) is 1. The van der Waals surface area contributed by atoms with E-state index in [9.17, 15) is 16.8 Å². The van der Waals surface area contributed by atoms with Crippen LogP contribution >= 0.6 is 12.4 Å². The van der Waals surface area contributed by atoms with Crippen molar-refractivity contribution < 1.29 is 16.8 Å². The highest BCUT2D eigenvalue weighted by atomic mass is 35.5. The first kappa shape index (κ1) is 22.3. The normalized spacial score (nSPS) is 15.0. The van der Waals surface area contributed by atoms with E-state index in [-0.39, 0.29) is 34.7 Å². The van der Waals surface area contributed by atoms with Crippen LogP contribution in [0.25, 0.3) is 0 Å². The molecule has 0 saturated carbocycles. The van der Waals surface area contributed by atoms with Crippen molar-refractivity contribution in [1.29, 1.82) is 0 Å². The van der Waals surface area contributed by atoms with Gasteiger partial charge in [0.1, 0.15) is 0 Å². The Hall–Kier alpha value is -0.670. The number of sulfone groups is 1. The van der Waals surface area contributed by atoms with Crippen LogP contribution in [0.4, 0.5) is 0 Å². The van der Waals surface area contributed by atoms with Gasteiger partial charge in [0.25, 0.3) is 0 Å². The molecule has 0 aromatic heterocycles. The van der Waals surface area contributed by atoms with Crippen molar-refractivity contribution in [3.05, 3.63) is 24.3 Å². The van der Waals surface area contributed by atoms with Gasteiger partial charge in [-0.25, -0.2) is 21.6 Å². The molecule has 0 aliphatic rings. The summed E-state index contributed by atoms with van der Waals surface area (Å²) in [6, 6.07) is 5.13. The summed E-state index contributed by atoms with van der Waals surface area (Å²) >= 11 is 0. The fourth-order valence-electron chi connectivity index (χ4n) is 2.32. The van der Waals surface area contributed by atoms with E-state index in [1.807, 2.05) is 13.8 Å². The van der Waals surface area contributed by atoms with Gasteiger partial charge in [0, 0.05) is 18.3 Å². The molecule has 0 spiro atoms. The van der Waals surface area contributed by atoms with Crippen LogP contribution in [0.15, 0.2) is 34.1 Å². The van der Waals surface area contributed by atoms with Gasteiger partial charge in [-0.3, -0.25) is 0 Å². The van der Waals surface area contributed by atoms with Gasteiger partial charge in [0.05, 0.1) is 9.79 Å². The first-order valence-corrected chi connectivity index (χ1v) is 10.3. The molecule has 0 radical (unpaired) electrons. The van der Waals surface area contributed by atoms with Crippen LogP contribution < -0.4 is 10.5 Å². The third kappa shape index (κ3) is 6.39. The Bertz CT molecular complexity index is 716. The van der Waals surface area contributed by atoms with Crippen LogP contribution in [0, 0.1) is 5.92 Å². The molecule has 0 bridgehead atoms. The molecule has 3 N–H and O–H groups in total. The van der Waals surface area contributed by atoms with Crippen LogP contribution in [0.3, 0.4) is 0 Å². The zero-order valence-corrected chi connectivity index (χ0v) is 16.2. The second-order valence-electron chi connectivity index (χ2n) is 6.21. The minimum Gasteiger partial charge on any atom is -0.329 e. The quantitative estimate of drug-likeness (QED) is 0.741. The van der Waals surface area contributed by atoms with Crippen LogP contribution in [-0.2, 0) is 19.9 Å². The van der Waals surface area contributed by atoms with E-state index in [1.165, 1.54) is 24.3 Å². The van der Waals surface area contributed by atoms with E-state index in [2.05, 4.69) is 4.72 Å². The predicted molar refractivity (Wildman–Crippen MR) is 94.0 cm³/mol. The minimum absolute atomic E-state index is 0.